The summed E-state index contributed by atoms with van der Waals surface area (Å²) < 4.78 is 14.6. The van der Waals surface area contributed by atoms with Gasteiger partial charge in [0, 0.05) is 80.1 Å². The van der Waals surface area contributed by atoms with Crippen molar-refractivity contribution in [3.63, 3.8) is 0 Å². The highest BCUT2D eigenvalue weighted by Gasteiger charge is 2.20. The monoisotopic (exact) mass is 789 g/mol. The van der Waals surface area contributed by atoms with Crippen molar-refractivity contribution >= 4 is 29.5 Å². The number of hydrogen-bond acceptors (Lipinski definition) is 9. The fourth-order valence-corrected chi connectivity index (χ4v) is 5.25. The molecule has 0 radical (unpaired) electrons. The number of carbonyl (C=O) groups is 5. The number of nitrogens with one attached hydrogen (secondary N) is 3. The third-order valence-electron chi connectivity index (χ3n) is 7.19. The number of hydrogen-bond donors (Lipinski definition) is 3. The molecule has 0 aromatic rings. The lowest BCUT2D eigenvalue weighted by atomic mass is 10.1. The second kappa shape index (κ2) is 35.6. The third kappa shape index (κ3) is 39.2. The van der Waals surface area contributed by atoms with Gasteiger partial charge in [0.15, 0.2) is 0 Å². The van der Waals surface area contributed by atoms with Gasteiger partial charge in [0.2, 0.25) is 29.5 Å². The Kier molecular flexibility index (Phi) is 36.6. The van der Waals surface area contributed by atoms with Gasteiger partial charge in [0.1, 0.15) is 6.42 Å². The van der Waals surface area contributed by atoms with Gasteiger partial charge in [-0.05, 0) is 35.5 Å². The number of nitrogens with zero attached hydrogens (tertiary/aromatic N) is 3. The van der Waals surface area contributed by atoms with Crippen LogP contribution in [0, 0.1) is 35.5 Å². The first-order valence-electron chi connectivity index (χ1n) is 20.2. The van der Waals surface area contributed by atoms with Crippen molar-refractivity contribution < 1.29 is 38.2 Å². The first kappa shape index (κ1) is 56.5. The molecule has 0 bridgehead atoms. The van der Waals surface area contributed by atoms with Gasteiger partial charge in [0.05, 0.1) is 32.9 Å². The molecule has 0 unspecified atom stereocenters. The molecule has 0 fully saturated rings. The first-order chi connectivity index (χ1) is 25.7. The van der Waals surface area contributed by atoms with Crippen molar-refractivity contribution in [3.8, 4) is 0 Å². The topological polar surface area (TPSA) is 159 Å². The highest BCUT2D eigenvalue weighted by atomic mass is 16.5. The van der Waals surface area contributed by atoms with Crippen LogP contribution in [0.15, 0.2) is 0 Å². The van der Waals surface area contributed by atoms with E-state index in [4.69, 9.17) is 14.2 Å². The van der Waals surface area contributed by atoms with Crippen LogP contribution in [0.25, 0.3) is 0 Å². The summed E-state index contributed by atoms with van der Waals surface area (Å²) in [6.45, 7) is 32.7. The fourth-order valence-electron chi connectivity index (χ4n) is 5.25. The molecule has 0 aliphatic rings. The minimum atomic E-state index is -0.237. The first-order valence-corrected chi connectivity index (χ1v) is 20.2. The van der Waals surface area contributed by atoms with Crippen LogP contribution in [0.4, 0.5) is 0 Å². The summed E-state index contributed by atoms with van der Waals surface area (Å²) in [5.74, 6) is 2.29. The predicted octanol–water partition coefficient (Wildman–Crippen LogP) is 3.92. The number of methoxy groups -OCH3 is 3. The smallest absolute Gasteiger partial charge is 0.239 e. The molecule has 0 atom stereocenters. The van der Waals surface area contributed by atoms with Crippen molar-refractivity contribution in [2.75, 3.05) is 107 Å². The molecule has 326 valence electrons. The van der Waals surface area contributed by atoms with Gasteiger partial charge in [-0.2, -0.15) is 0 Å². The molecule has 0 saturated heterocycles. The Hall–Kier alpha value is -2.81. The molecule has 14 nitrogen and oxygen atoms in total. The van der Waals surface area contributed by atoms with E-state index in [1.165, 1.54) is 0 Å². The molecule has 0 aromatic heterocycles. The molecule has 55 heavy (non-hydrogen) atoms. The van der Waals surface area contributed by atoms with Gasteiger partial charge in [-0.1, -0.05) is 83.1 Å². The Labute approximate surface area is 335 Å². The summed E-state index contributed by atoms with van der Waals surface area (Å²) in [6, 6.07) is 0. The van der Waals surface area contributed by atoms with E-state index in [-0.39, 0.29) is 42.5 Å². The SMILES string of the molecule is COCCNC(=O)CC(=O)N(CC(C)C)CC(C)C.COCCNC(=O)CN(CC(C)C)C(=O)CC(C)C.COCCNC(=O)CN(CC(C)C)CC(C)C. The normalized spacial score (nSPS) is 11.1. The van der Waals surface area contributed by atoms with Crippen LogP contribution in [0.3, 0.4) is 0 Å². The van der Waals surface area contributed by atoms with Gasteiger partial charge < -0.3 is 40.0 Å². The Balaban J connectivity index is -0.000000739. The standard InChI is InChI=1S/2C14H28N2O3.C13H28N2O2/c1-11(2)9-16(10-12(3)4)14(18)8-13(17)15-6-7-19-5;1-11(2)8-14(18)16(9-12(3)4)10-13(17)15-6-7-19-5;1-11(2)8-15(9-12(3)4)10-13(16)14-6-7-17-5/h2*11-12H,6-10H2,1-5H3,(H,15,17);11-12H,6-10H2,1-5H3,(H,14,16). The van der Waals surface area contributed by atoms with Crippen LogP contribution in [0.1, 0.15) is 95.9 Å². The van der Waals surface area contributed by atoms with Crippen LogP contribution >= 0.6 is 0 Å². The van der Waals surface area contributed by atoms with E-state index >= 15 is 0 Å². The predicted molar refractivity (Wildman–Crippen MR) is 223 cm³/mol. The minimum absolute atomic E-state index is 0.0468. The van der Waals surface area contributed by atoms with E-state index in [2.05, 4.69) is 76.2 Å². The van der Waals surface area contributed by atoms with E-state index in [0.717, 1.165) is 13.1 Å². The molecule has 0 aliphatic carbocycles. The fraction of sp³-hybridized carbons (Fsp3) is 0.878. The largest absolute Gasteiger partial charge is 0.383 e. The van der Waals surface area contributed by atoms with Crippen molar-refractivity contribution in [3.05, 3.63) is 0 Å². The van der Waals surface area contributed by atoms with E-state index < -0.39 is 0 Å². The quantitative estimate of drug-likeness (QED) is 0.0829. The third-order valence-corrected chi connectivity index (χ3v) is 7.19. The summed E-state index contributed by atoms with van der Waals surface area (Å²) in [4.78, 5) is 64.8. The maximum absolute atomic E-state index is 12.1. The second-order valence-corrected chi connectivity index (χ2v) is 16.5. The van der Waals surface area contributed by atoms with E-state index in [1.807, 2.05) is 27.7 Å². The Morgan fingerprint density at radius 3 is 1.13 bits per heavy atom. The Bertz CT molecular complexity index is 987. The molecule has 0 heterocycles. The lowest BCUT2D eigenvalue weighted by Crippen LogP contribution is -2.43. The molecule has 0 spiro atoms. The Morgan fingerprint density at radius 1 is 0.436 bits per heavy atom. The molecule has 5 amide bonds. The van der Waals surface area contributed by atoms with E-state index in [1.54, 1.807) is 31.1 Å². The maximum atomic E-state index is 12.1. The number of amides is 5. The highest BCUT2D eigenvalue weighted by molar-refractivity contribution is 5.96. The average Bonchev–Trinajstić information content (AvgIpc) is 3.03. The number of rotatable bonds is 27. The maximum Gasteiger partial charge on any atom is 0.239 e. The van der Waals surface area contributed by atoms with Crippen molar-refractivity contribution in [2.45, 2.75) is 95.9 Å². The van der Waals surface area contributed by atoms with Gasteiger partial charge >= 0.3 is 0 Å². The van der Waals surface area contributed by atoms with E-state index in [9.17, 15) is 24.0 Å². The van der Waals surface area contributed by atoms with Crippen LogP contribution in [-0.4, -0.2) is 151 Å². The zero-order valence-electron chi connectivity index (χ0n) is 37.7. The Morgan fingerprint density at radius 2 is 0.782 bits per heavy atom. The number of carbonyl (C=O) groups excluding carboxylic acids is 5. The van der Waals surface area contributed by atoms with Crippen molar-refractivity contribution in [1.29, 1.82) is 0 Å². The van der Waals surface area contributed by atoms with Gasteiger partial charge in [0.25, 0.3) is 0 Å². The lowest BCUT2D eigenvalue weighted by Gasteiger charge is -2.26. The lowest BCUT2D eigenvalue weighted by molar-refractivity contribution is -0.137. The number of ether oxygens (including phenoxy) is 3. The molecule has 0 rings (SSSR count). The molecule has 0 aliphatic heterocycles. The molecule has 3 N–H and O–H groups in total. The zero-order valence-corrected chi connectivity index (χ0v) is 37.7. The molecule has 0 aromatic carbocycles. The molecular weight excluding hydrogens is 704 g/mol. The molecular formula is C41H84N6O8. The van der Waals surface area contributed by atoms with E-state index in [0.29, 0.717) is 108 Å². The minimum Gasteiger partial charge on any atom is -0.383 e. The highest BCUT2D eigenvalue weighted by Crippen LogP contribution is 2.08. The molecule has 14 heteroatoms. The van der Waals surface area contributed by atoms with Gasteiger partial charge in [-0.25, -0.2) is 0 Å². The summed E-state index contributed by atoms with van der Waals surface area (Å²) in [5, 5.41) is 8.26. The van der Waals surface area contributed by atoms with Gasteiger partial charge in [-0.15, -0.1) is 0 Å². The van der Waals surface area contributed by atoms with Crippen LogP contribution in [0.5, 0.6) is 0 Å². The van der Waals surface area contributed by atoms with Crippen LogP contribution in [-0.2, 0) is 38.2 Å². The zero-order chi connectivity index (χ0) is 42.9. The van der Waals surface area contributed by atoms with Crippen molar-refractivity contribution in [2.24, 2.45) is 35.5 Å². The summed E-state index contributed by atoms with van der Waals surface area (Å²) in [6.07, 6.45) is 0.404. The summed E-state index contributed by atoms with van der Waals surface area (Å²) in [7, 11) is 4.80. The van der Waals surface area contributed by atoms with Crippen LogP contribution < -0.4 is 16.0 Å². The van der Waals surface area contributed by atoms with Crippen molar-refractivity contribution in [1.82, 2.24) is 30.7 Å². The average molecular weight is 789 g/mol. The molecule has 0 saturated carbocycles. The van der Waals surface area contributed by atoms with Crippen LogP contribution in [0.2, 0.25) is 0 Å². The van der Waals surface area contributed by atoms with Gasteiger partial charge in [-0.3, -0.25) is 28.9 Å². The second-order valence-electron chi connectivity index (χ2n) is 16.5. The summed E-state index contributed by atoms with van der Waals surface area (Å²) >= 11 is 0. The summed E-state index contributed by atoms with van der Waals surface area (Å²) in [5.41, 5.74) is 0.